The SMILES string of the molecule is CCNC(c1ccnn1-c1ccccc1)C(C)(C)N(C)C. The molecule has 4 nitrogen and oxygen atoms in total. The van der Waals surface area contributed by atoms with E-state index in [4.69, 9.17) is 0 Å². The molecular weight excluding hydrogens is 260 g/mol. The third-order valence-corrected chi connectivity index (χ3v) is 4.24. The van der Waals surface area contributed by atoms with Crippen molar-refractivity contribution in [2.45, 2.75) is 32.4 Å². The molecule has 0 saturated carbocycles. The standard InChI is InChI=1S/C17H26N4/c1-6-18-16(17(2,3)20(4)5)15-12-13-19-21(15)14-10-8-7-9-11-14/h7-13,16,18H,6H2,1-5H3. The normalized spacial score (nSPS) is 13.6. The van der Waals surface area contributed by atoms with E-state index in [9.17, 15) is 0 Å². The molecule has 2 rings (SSSR count). The van der Waals surface area contributed by atoms with Crippen LogP contribution < -0.4 is 5.32 Å². The highest BCUT2D eigenvalue weighted by Gasteiger charge is 2.34. The Morgan fingerprint density at radius 2 is 1.86 bits per heavy atom. The first-order valence-electron chi connectivity index (χ1n) is 7.48. The van der Waals surface area contributed by atoms with Gasteiger partial charge in [0.2, 0.25) is 0 Å². The number of benzene rings is 1. The Hall–Kier alpha value is -1.65. The van der Waals surface area contributed by atoms with Gasteiger partial charge in [-0.25, -0.2) is 4.68 Å². The van der Waals surface area contributed by atoms with Crippen LogP contribution in [0.2, 0.25) is 0 Å². The van der Waals surface area contributed by atoms with Gasteiger partial charge >= 0.3 is 0 Å². The Labute approximate surface area is 127 Å². The maximum atomic E-state index is 4.52. The first kappa shape index (κ1) is 15.7. The van der Waals surface area contributed by atoms with Gasteiger partial charge in [-0.15, -0.1) is 0 Å². The Kier molecular flexibility index (Phi) is 4.80. The van der Waals surface area contributed by atoms with Crippen LogP contribution in [0.3, 0.4) is 0 Å². The highest BCUT2D eigenvalue weighted by atomic mass is 15.3. The molecule has 1 N–H and O–H groups in total. The Balaban J connectivity index is 2.46. The summed E-state index contributed by atoms with van der Waals surface area (Å²) in [6.07, 6.45) is 1.87. The summed E-state index contributed by atoms with van der Waals surface area (Å²) < 4.78 is 2.03. The zero-order chi connectivity index (χ0) is 15.5. The van der Waals surface area contributed by atoms with E-state index in [0.717, 1.165) is 12.2 Å². The van der Waals surface area contributed by atoms with Gasteiger partial charge in [-0.05, 0) is 52.7 Å². The molecular formula is C17H26N4. The van der Waals surface area contributed by atoms with Crippen LogP contribution in [0.4, 0.5) is 0 Å². The van der Waals surface area contributed by atoms with Crippen molar-refractivity contribution in [3.8, 4) is 5.69 Å². The van der Waals surface area contributed by atoms with Gasteiger partial charge in [0.1, 0.15) is 0 Å². The number of rotatable bonds is 6. The fourth-order valence-electron chi connectivity index (χ4n) is 2.50. The van der Waals surface area contributed by atoms with Gasteiger partial charge in [-0.1, -0.05) is 25.1 Å². The summed E-state index contributed by atoms with van der Waals surface area (Å²) in [6.45, 7) is 7.56. The van der Waals surface area contributed by atoms with Crippen LogP contribution in [0.15, 0.2) is 42.6 Å². The van der Waals surface area contributed by atoms with E-state index >= 15 is 0 Å². The molecule has 0 amide bonds. The summed E-state index contributed by atoms with van der Waals surface area (Å²) >= 11 is 0. The van der Waals surface area contributed by atoms with Gasteiger partial charge in [0.15, 0.2) is 0 Å². The molecule has 1 aromatic heterocycles. The lowest BCUT2D eigenvalue weighted by Gasteiger charge is -2.40. The van der Waals surface area contributed by atoms with Crippen LogP contribution in [0.25, 0.3) is 5.69 Å². The minimum atomic E-state index is -0.0252. The highest BCUT2D eigenvalue weighted by molar-refractivity contribution is 5.33. The molecule has 1 unspecified atom stereocenters. The lowest BCUT2D eigenvalue weighted by molar-refractivity contribution is 0.135. The van der Waals surface area contributed by atoms with Crippen molar-refractivity contribution in [1.82, 2.24) is 20.0 Å². The number of aromatic nitrogens is 2. The summed E-state index contributed by atoms with van der Waals surface area (Å²) in [4.78, 5) is 2.25. The van der Waals surface area contributed by atoms with E-state index in [1.165, 1.54) is 5.69 Å². The molecule has 0 aliphatic rings. The minimum Gasteiger partial charge on any atom is -0.307 e. The van der Waals surface area contributed by atoms with Crippen molar-refractivity contribution in [2.24, 2.45) is 0 Å². The number of para-hydroxylation sites is 1. The zero-order valence-electron chi connectivity index (χ0n) is 13.7. The second-order valence-corrected chi connectivity index (χ2v) is 6.04. The molecule has 1 heterocycles. The van der Waals surface area contributed by atoms with E-state index in [1.807, 2.05) is 29.1 Å². The monoisotopic (exact) mass is 286 g/mol. The van der Waals surface area contributed by atoms with Crippen LogP contribution in [0.5, 0.6) is 0 Å². The molecule has 0 bridgehead atoms. The van der Waals surface area contributed by atoms with Gasteiger partial charge in [0.25, 0.3) is 0 Å². The molecule has 2 aromatic rings. The Bertz CT molecular complexity index is 557. The van der Waals surface area contributed by atoms with E-state index in [0.29, 0.717) is 0 Å². The summed E-state index contributed by atoms with van der Waals surface area (Å²) in [5, 5.41) is 8.13. The molecule has 0 fully saturated rings. The summed E-state index contributed by atoms with van der Waals surface area (Å²) in [6, 6.07) is 12.6. The number of likely N-dealkylation sites (N-methyl/N-ethyl adjacent to an activating group) is 2. The Morgan fingerprint density at radius 3 is 2.43 bits per heavy atom. The van der Waals surface area contributed by atoms with E-state index in [2.05, 4.69) is 68.4 Å². The maximum Gasteiger partial charge on any atom is 0.0677 e. The topological polar surface area (TPSA) is 33.1 Å². The summed E-state index contributed by atoms with van der Waals surface area (Å²) in [7, 11) is 4.24. The second-order valence-electron chi connectivity index (χ2n) is 6.04. The van der Waals surface area contributed by atoms with Crippen LogP contribution >= 0.6 is 0 Å². The van der Waals surface area contributed by atoms with Crippen LogP contribution in [0, 0.1) is 0 Å². The van der Waals surface area contributed by atoms with Crippen molar-refractivity contribution in [3.05, 3.63) is 48.3 Å². The molecule has 1 atom stereocenters. The molecule has 0 aliphatic carbocycles. The van der Waals surface area contributed by atoms with Gasteiger partial charge in [0.05, 0.1) is 17.4 Å². The zero-order valence-corrected chi connectivity index (χ0v) is 13.7. The van der Waals surface area contributed by atoms with Crippen molar-refractivity contribution >= 4 is 0 Å². The van der Waals surface area contributed by atoms with Crippen LogP contribution in [-0.4, -0.2) is 40.9 Å². The van der Waals surface area contributed by atoms with E-state index < -0.39 is 0 Å². The molecule has 4 heteroatoms. The first-order chi connectivity index (χ1) is 9.98. The molecule has 0 spiro atoms. The van der Waals surface area contributed by atoms with Gasteiger partial charge < -0.3 is 10.2 Å². The maximum absolute atomic E-state index is 4.52. The van der Waals surface area contributed by atoms with Crippen molar-refractivity contribution < 1.29 is 0 Å². The van der Waals surface area contributed by atoms with Crippen LogP contribution in [-0.2, 0) is 0 Å². The van der Waals surface area contributed by atoms with Crippen molar-refractivity contribution in [2.75, 3.05) is 20.6 Å². The van der Waals surface area contributed by atoms with Gasteiger partial charge in [-0.2, -0.15) is 5.10 Å². The lowest BCUT2D eigenvalue weighted by Crippen LogP contribution is -2.50. The summed E-state index contributed by atoms with van der Waals surface area (Å²) in [5.74, 6) is 0. The third kappa shape index (κ3) is 3.17. The number of nitrogens with zero attached hydrogens (tertiary/aromatic N) is 3. The van der Waals surface area contributed by atoms with Gasteiger partial charge in [-0.3, -0.25) is 0 Å². The third-order valence-electron chi connectivity index (χ3n) is 4.24. The van der Waals surface area contributed by atoms with Crippen molar-refractivity contribution in [1.29, 1.82) is 0 Å². The number of hydrogen-bond donors (Lipinski definition) is 1. The highest BCUT2D eigenvalue weighted by Crippen LogP contribution is 2.30. The van der Waals surface area contributed by atoms with E-state index in [1.54, 1.807) is 0 Å². The van der Waals surface area contributed by atoms with E-state index in [-0.39, 0.29) is 11.6 Å². The molecule has 0 saturated heterocycles. The Morgan fingerprint density at radius 1 is 1.19 bits per heavy atom. The minimum absolute atomic E-state index is 0.0252. The number of hydrogen-bond acceptors (Lipinski definition) is 3. The molecule has 21 heavy (non-hydrogen) atoms. The van der Waals surface area contributed by atoms with Crippen molar-refractivity contribution in [3.63, 3.8) is 0 Å². The summed E-state index contributed by atoms with van der Waals surface area (Å²) in [5.41, 5.74) is 2.25. The second kappa shape index (κ2) is 6.41. The lowest BCUT2D eigenvalue weighted by atomic mass is 9.90. The smallest absolute Gasteiger partial charge is 0.0677 e. The molecule has 1 aromatic carbocycles. The predicted molar refractivity (Wildman–Crippen MR) is 87.7 cm³/mol. The van der Waals surface area contributed by atoms with Gasteiger partial charge in [0, 0.05) is 11.7 Å². The predicted octanol–water partition coefficient (Wildman–Crippen LogP) is 2.86. The molecule has 114 valence electrons. The molecule has 0 radical (unpaired) electrons. The average molecular weight is 286 g/mol. The fourth-order valence-corrected chi connectivity index (χ4v) is 2.50. The number of nitrogens with one attached hydrogen (secondary N) is 1. The molecule has 0 aliphatic heterocycles. The quantitative estimate of drug-likeness (QED) is 0.886. The van der Waals surface area contributed by atoms with Crippen LogP contribution in [0.1, 0.15) is 32.5 Å². The largest absolute Gasteiger partial charge is 0.307 e. The first-order valence-corrected chi connectivity index (χ1v) is 7.48. The fraction of sp³-hybridized carbons (Fsp3) is 0.471. The average Bonchev–Trinajstić information content (AvgIpc) is 2.94.